The van der Waals surface area contributed by atoms with E-state index < -0.39 is 0 Å². The molecule has 0 spiro atoms. The number of aromatic amines is 1. The van der Waals surface area contributed by atoms with Crippen LogP contribution in [-0.4, -0.2) is 16.3 Å². The predicted molar refractivity (Wildman–Crippen MR) is 68.1 cm³/mol. The van der Waals surface area contributed by atoms with E-state index >= 15 is 0 Å². The van der Waals surface area contributed by atoms with Crippen LogP contribution in [0, 0.1) is 17.2 Å². The van der Waals surface area contributed by atoms with Gasteiger partial charge in [0, 0.05) is 5.39 Å². The maximum Gasteiger partial charge on any atom is 0.120 e. The third kappa shape index (κ3) is 2.04. The third-order valence-electron chi connectivity index (χ3n) is 3.57. The van der Waals surface area contributed by atoms with Crippen molar-refractivity contribution in [2.24, 2.45) is 5.92 Å². The second kappa shape index (κ2) is 4.69. The molecular weight excluding hydrogens is 226 g/mol. The molecule has 2 atom stereocenters. The van der Waals surface area contributed by atoms with E-state index in [1.54, 1.807) is 6.20 Å². The number of benzene rings is 1. The average molecular weight is 241 g/mol. The molecule has 2 aromatic rings. The minimum Gasteiger partial charge on any atom is -0.489 e. The minimum atomic E-state index is 0.0267. The summed E-state index contributed by atoms with van der Waals surface area (Å²) in [5, 5.41) is 17.1. The molecule has 1 aliphatic rings. The van der Waals surface area contributed by atoms with Gasteiger partial charge in [-0.1, -0.05) is 6.42 Å². The fraction of sp³-hybridized carbons (Fsp3) is 0.429. The molecular formula is C14H15N3O. The maximum atomic E-state index is 9.13. The number of hydrogen-bond donors (Lipinski definition) is 1. The maximum absolute atomic E-state index is 9.13. The smallest absolute Gasteiger partial charge is 0.120 e. The van der Waals surface area contributed by atoms with Crippen molar-refractivity contribution < 1.29 is 4.74 Å². The van der Waals surface area contributed by atoms with Gasteiger partial charge in [-0.2, -0.15) is 10.4 Å². The van der Waals surface area contributed by atoms with Crippen LogP contribution in [0.15, 0.2) is 24.4 Å². The van der Waals surface area contributed by atoms with Crippen LogP contribution in [0.5, 0.6) is 5.75 Å². The molecule has 1 heterocycles. The topological polar surface area (TPSA) is 61.7 Å². The van der Waals surface area contributed by atoms with Gasteiger partial charge >= 0.3 is 0 Å². The van der Waals surface area contributed by atoms with E-state index in [1.807, 2.05) is 18.2 Å². The molecule has 4 nitrogen and oxygen atoms in total. The summed E-state index contributed by atoms with van der Waals surface area (Å²) in [7, 11) is 0. The van der Waals surface area contributed by atoms with Gasteiger partial charge in [0.05, 0.1) is 23.7 Å². The zero-order chi connectivity index (χ0) is 12.4. The zero-order valence-electron chi connectivity index (χ0n) is 10.1. The first kappa shape index (κ1) is 11.1. The summed E-state index contributed by atoms with van der Waals surface area (Å²) < 4.78 is 5.97. The van der Waals surface area contributed by atoms with Gasteiger partial charge in [-0.05, 0) is 37.5 Å². The molecule has 18 heavy (non-hydrogen) atoms. The highest BCUT2D eigenvalue weighted by Crippen LogP contribution is 2.29. The number of aromatic nitrogens is 2. The van der Waals surface area contributed by atoms with Gasteiger partial charge < -0.3 is 4.74 Å². The number of rotatable bonds is 2. The van der Waals surface area contributed by atoms with E-state index in [0.29, 0.717) is 0 Å². The highest BCUT2D eigenvalue weighted by atomic mass is 16.5. The number of ether oxygens (including phenoxy) is 1. The Morgan fingerprint density at radius 2 is 2.22 bits per heavy atom. The Hall–Kier alpha value is -2.02. The Morgan fingerprint density at radius 1 is 1.33 bits per heavy atom. The monoisotopic (exact) mass is 241 g/mol. The van der Waals surface area contributed by atoms with E-state index in [-0.39, 0.29) is 12.0 Å². The van der Waals surface area contributed by atoms with Gasteiger partial charge in [0.15, 0.2) is 0 Å². The summed E-state index contributed by atoms with van der Waals surface area (Å²) in [4.78, 5) is 0. The number of nitrogens with zero attached hydrogens (tertiary/aromatic N) is 2. The van der Waals surface area contributed by atoms with Crippen molar-refractivity contribution in [2.45, 2.75) is 31.8 Å². The summed E-state index contributed by atoms with van der Waals surface area (Å²) in [6.07, 6.45) is 6.03. The minimum absolute atomic E-state index is 0.0267. The highest BCUT2D eigenvalue weighted by Gasteiger charge is 2.26. The fourth-order valence-corrected chi connectivity index (χ4v) is 2.55. The molecule has 3 rings (SSSR count). The van der Waals surface area contributed by atoms with Gasteiger partial charge in [0.2, 0.25) is 0 Å². The Balaban J connectivity index is 1.80. The molecule has 0 radical (unpaired) electrons. The van der Waals surface area contributed by atoms with E-state index in [1.165, 1.54) is 0 Å². The Bertz CT molecular complexity index is 584. The van der Waals surface area contributed by atoms with Crippen molar-refractivity contribution in [3.8, 4) is 11.8 Å². The summed E-state index contributed by atoms with van der Waals surface area (Å²) in [6.45, 7) is 0. The van der Waals surface area contributed by atoms with Crippen molar-refractivity contribution in [3.05, 3.63) is 24.4 Å². The van der Waals surface area contributed by atoms with Crippen LogP contribution in [0.2, 0.25) is 0 Å². The summed E-state index contributed by atoms with van der Waals surface area (Å²) >= 11 is 0. The molecule has 1 N–H and O–H groups in total. The van der Waals surface area contributed by atoms with Crippen molar-refractivity contribution in [2.75, 3.05) is 0 Å². The molecule has 0 aliphatic heterocycles. The SMILES string of the molecule is N#CC1CCCCC1Oc1ccc2[nH]ncc2c1. The Morgan fingerprint density at radius 3 is 3.11 bits per heavy atom. The molecule has 0 bridgehead atoms. The van der Waals surface area contributed by atoms with E-state index in [0.717, 1.165) is 42.3 Å². The lowest BCUT2D eigenvalue weighted by atomic mass is 9.87. The fourth-order valence-electron chi connectivity index (χ4n) is 2.55. The summed E-state index contributed by atoms with van der Waals surface area (Å²) in [6, 6.07) is 8.23. The molecule has 0 amide bonds. The van der Waals surface area contributed by atoms with E-state index in [4.69, 9.17) is 10.00 Å². The first-order valence-corrected chi connectivity index (χ1v) is 6.36. The van der Waals surface area contributed by atoms with Gasteiger partial charge in [-0.15, -0.1) is 0 Å². The van der Waals surface area contributed by atoms with E-state index in [2.05, 4.69) is 16.3 Å². The van der Waals surface area contributed by atoms with Gasteiger partial charge in [0.25, 0.3) is 0 Å². The van der Waals surface area contributed by atoms with Gasteiger partial charge in [0.1, 0.15) is 11.9 Å². The third-order valence-corrected chi connectivity index (χ3v) is 3.57. The van der Waals surface area contributed by atoms with Gasteiger partial charge in [-0.3, -0.25) is 5.10 Å². The van der Waals surface area contributed by atoms with Gasteiger partial charge in [-0.25, -0.2) is 0 Å². The molecule has 1 aromatic carbocycles. The first-order chi connectivity index (χ1) is 8.86. The lowest BCUT2D eigenvalue weighted by molar-refractivity contribution is 0.120. The average Bonchev–Trinajstić information content (AvgIpc) is 2.87. The molecule has 92 valence electrons. The molecule has 1 aromatic heterocycles. The standard InChI is InChI=1S/C14H15N3O/c15-8-10-3-1-2-4-14(10)18-12-5-6-13-11(7-12)9-16-17-13/h5-7,9-10,14H,1-4H2,(H,16,17). The lowest BCUT2D eigenvalue weighted by Gasteiger charge is -2.27. The molecule has 1 saturated carbocycles. The number of fused-ring (bicyclic) bond motifs is 1. The molecule has 4 heteroatoms. The molecule has 0 saturated heterocycles. The summed E-state index contributed by atoms with van der Waals surface area (Å²) in [5.41, 5.74) is 1.00. The van der Waals surface area contributed by atoms with Crippen LogP contribution in [0.25, 0.3) is 10.9 Å². The van der Waals surface area contributed by atoms with Crippen LogP contribution in [0.3, 0.4) is 0 Å². The lowest BCUT2D eigenvalue weighted by Crippen LogP contribution is -2.29. The van der Waals surface area contributed by atoms with E-state index in [9.17, 15) is 0 Å². The first-order valence-electron chi connectivity index (χ1n) is 6.36. The largest absolute Gasteiger partial charge is 0.489 e. The zero-order valence-corrected chi connectivity index (χ0v) is 10.1. The van der Waals surface area contributed by atoms with Crippen molar-refractivity contribution in [1.82, 2.24) is 10.2 Å². The predicted octanol–water partition coefficient (Wildman–Crippen LogP) is 3.02. The second-order valence-electron chi connectivity index (χ2n) is 4.80. The van der Waals surface area contributed by atoms with Crippen LogP contribution in [0.4, 0.5) is 0 Å². The van der Waals surface area contributed by atoms with Crippen LogP contribution < -0.4 is 4.74 Å². The van der Waals surface area contributed by atoms with Crippen LogP contribution >= 0.6 is 0 Å². The van der Waals surface area contributed by atoms with Crippen molar-refractivity contribution in [3.63, 3.8) is 0 Å². The molecule has 2 unspecified atom stereocenters. The van der Waals surface area contributed by atoms with Crippen molar-refractivity contribution in [1.29, 1.82) is 5.26 Å². The number of nitrogens with one attached hydrogen (secondary N) is 1. The number of hydrogen-bond acceptors (Lipinski definition) is 3. The van der Waals surface area contributed by atoms with Crippen molar-refractivity contribution >= 4 is 10.9 Å². The quantitative estimate of drug-likeness (QED) is 0.879. The Labute approximate surface area is 106 Å². The Kier molecular flexibility index (Phi) is 2.89. The molecule has 1 aliphatic carbocycles. The normalized spacial score (nSPS) is 23.7. The highest BCUT2D eigenvalue weighted by molar-refractivity contribution is 5.79. The summed E-state index contributed by atoms with van der Waals surface area (Å²) in [5.74, 6) is 0.856. The number of H-pyrrole nitrogens is 1. The van der Waals surface area contributed by atoms with Crippen LogP contribution in [0.1, 0.15) is 25.7 Å². The number of nitriles is 1. The second-order valence-corrected chi connectivity index (χ2v) is 4.80. The molecule has 1 fully saturated rings. The van der Waals surface area contributed by atoms with Crippen LogP contribution in [-0.2, 0) is 0 Å².